The molecule has 2 aromatic carbocycles. The summed E-state index contributed by atoms with van der Waals surface area (Å²) in [4.78, 5) is 13.1. The molecule has 0 saturated carbocycles. The molecule has 33 heavy (non-hydrogen) atoms. The smallest absolute Gasteiger partial charge is 0.243 e. The van der Waals surface area contributed by atoms with Crippen LogP contribution in [0.15, 0.2) is 35.2 Å². The summed E-state index contributed by atoms with van der Waals surface area (Å²) < 4.78 is 48.8. The Morgan fingerprint density at radius 2 is 1.64 bits per heavy atom. The Balaban J connectivity index is 1.80. The summed E-state index contributed by atoms with van der Waals surface area (Å²) in [6.45, 7) is 0.369. The van der Waals surface area contributed by atoms with Gasteiger partial charge in [-0.15, -0.1) is 0 Å². The zero-order valence-electron chi connectivity index (χ0n) is 18.9. The molecule has 1 aliphatic rings. The third-order valence-electron chi connectivity index (χ3n) is 5.48. The van der Waals surface area contributed by atoms with Gasteiger partial charge in [0.25, 0.3) is 0 Å². The number of nitrogens with one attached hydrogen (secondary N) is 1. The molecule has 0 spiro atoms. The number of benzene rings is 2. The van der Waals surface area contributed by atoms with Crippen LogP contribution in [0, 0.1) is 5.92 Å². The molecule has 0 aliphatic carbocycles. The third kappa shape index (κ3) is 5.29. The fourth-order valence-corrected chi connectivity index (χ4v) is 5.46. The van der Waals surface area contributed by atoms with Crippen molar-refractivity contribution in [3.8, 4) is 23.0 Å². The van der Waals surface area contributed by atoms with Gasteiger partial charge in [-0.25, -0.2) is 8.42 Å². The average molecular weight is 499 g/mol. The Hall–Kier alpha value is -2.69. The Morgan fingerprint density at radius 3 is 2.27 bits per heavy atom. The van der Waals surface area contributed by atoms with Gasteiger partial charge in [0.2, 0.25) is 15.9 Å². The minimum Gasteiger partial charge on any atom is -0.495 e. The highest BCUT2D eigenvalue weighted by Gasteiger charge is 2.34. The number of sulfonamides is 1. The minimum atomic E-state index is -3.83. The summed E-state index contributed by atoms with van der Waals surface area (Å²) in [5.41, 5.74) is 0.392. The summed E-state index contributed by atoms with van der Waals surface area (Å²) in [5.74, 6) is 0.645. The van der Waals surface area contributed by atoms with Crippen LogP contribution in [0.2, 0.25) is 5.02 Å². The first kappa shape index (κ1) is 24.9. The van der Waals surface area contributed by atoms with Crippen LogP contribution in [-0.4, -0.2) is 60.2 Å². The molecule has 0 aromatic heterocycles. The summed E-state index contributed by atoms with van der Waals surface area (Å²) >= 11 is 6.13. The number of piperidine rings is 1. The second kappa shape index (κ2) is 10.5. The van der Waals surface area contributed by atoms with Crippen molar-refractivity contribution in [2.75, 3.05) is 46.8 Å². The van der Waals surface area contributed by atoms with Crippen LogP contribution in [-0.2, 0) is 14.8 Å². The largest absolute Gasteiger partial charge is 0.495 e. The molecule has 1 amide bonds. The Morgan fingerprint density at radius 1 is 0.970 bits per heavy atom. The van der Waals surface area contributed by atoms with Gasteiger partial charge in [-0.1, -0.05) is 11.6 Å². The maximum atomic E-state index is 13.2. The molecule has 0 unspecified atom stereocenters. The standard InChI is InChI=1S/C22H27ClN2O7S/c1-29-18-8-7-15(10-21(18)32-4)33(27,28)25-9-5-6-14(13-25)22(26)24-17-12-19(30-2)16(23)11-20(17)31-3/h7-8,10-12,14H,5-6,9,13H2,1-4H3,(H,24,26)/t14-/m1/s1. The molecule has 1 atom stereocenters. The van der Waals surface area contributed by atoms with Gasteiger partial charge < -0.3 is 24.3 Å². The van der Waals surface area contributed by atoms with Crippen LogP contribution in [0.4, 0.5) is 5.69 Å². The molecule has 0 bridgehead atoms. The zero-order valence-corrected chi connectivity index (χ0v) is 20.5. The quantitative estimate of drug-likeness (QED) is 0.594. The highest BCUT2D eigenvalue weighted by molar-refractivity contribution is 7.89. The minimum absolute atomic E-state index is 0.0511. The lowest BCUT2D eigenvalue weighted by atomic mass is 9.98. The Kier molecular flexibility index (Phi) is 7.93. The Labute approximate surface area is 198 Å². The van der Waals surface area contributed by atoms with Gasteiger partial charge in [0, 0.05) is 31.3 Å². The fourth-order valence-electron chi connectivity index (χ4n) is 3.69. The molecular formula is C22H27ClN2O7S. The van der Waals surface area contributed by atoms with Gasteiger partial charge in [-0.05, 0) is 25.0 Å². The average Bonchev–Trinajstić information content (AvgIpc) is 2.84. The molecule has 1 heterocycles. The van der Waals surface area contributed by atoms with Crippen LogP contribution in [0.1, 0.15) is 12.8 Å². The van der Waals surface area contributed by atoms with Gasteiger partial charge >= 0.3 is 0 Å². The number of carbonyl (C=O) groups excluding carboxylic acids is 1. The third-order valence-corrected chi connectivity index (χ3v) is 7.64. The highest BCUT2D eigenvalue weighted by Crippen LogP contribution is 2.37. The zero-order chi connectivity index (χ0) is 24.2. The molecule has 1 fully saturated rings. The predicted molar refractivity (Wildman–Crippen MR) is 124 cm³/mol. The first-order chi connectivity index (χ1) is 15.7. The van der Waals surface area contributed by atoms with Crippen molar-refractivity contribution in [2.45, 2.75) is 17.7 Å². The number of hydrogen-bond donors (Lipinski definition) is 1. The number of rotatable bonds is 8. The highest BCUT2D eigenvalue weighted by atomic mass is 35.5. The lowest BCUT2D eigenvalue weighted by Crippen LogP contribution is -2.43. The van der Waals surface area contributed by atoms with E-state index < -0.39 is 15.9 Å². The molecule has 0 radical (unpaired) electrons. The van der Waals surface area contributed by atoms with E-state index in [4.69, 9.17) is 30.5 Å². The van der Waals surface area contributed by atoms with Gasteiger partial charge in [0.15, 0.2) is 11.5 Å². The van der Waals surface area contributed by atoms with E-state index in [1.807, 2.05) is 0 Å². The summed E-state index contributed by atoms with van der Waals surface area (Å²) in [5, 5.41) is 3.16. The monoisotopic (exact) mass is 498 g/mol. The number of anilines is 1. The van der Waals surface area contributed by atoms with Crippen LogP contribution in [0.5, 0.6) is 23.0 Å². The van der Waals surface area contributed by atoms with Crippen molar-refractivity contribution in [2.24, 2.45) is 5.92 Å². The molecular weight excluding hydrogens is 472 g/mol. The number of nitrogens with zero attached hydrogens (tertiary/aromatic N) is 1. The fraction of sp³-hybridized carbons (Fsp3) is 0.409. The van der Waals surface area contributed by atoms with Crippen LogP contribution >= 0.6 is 11.6 Å². The van der Waals surface area contributed by atoms with Crippen LogP contribution in [0.3, 0.4) is 0 Å². The second-order valence-corrected chi connectivity index (χ2v) is 9.74. The number of ether oxygens (including phenoxy) is 4. The number of carbonyl (C=O) groups is 1. The van der Waals surface area contributed by atoms with Crippen LogP contribution in [0.25, 0.3) is 0 Å². The van der Waals surface area contributed by atoms with E-state index in [1.165, 1.54) is 44.9 Å². The summed E-state index contributed by atoms with van der Waals surface area (Å²) in [7, 11) is 2.02. The first-order valence-corrected chi connectivity index (χ1v) is 12.0. The molecule has 1 aliphatic heterocycles. The van der Waals surface area contributed by atoms with Gasteiger partial charge in [-0.3, -0.25) is 4.79 Å². The van der Waals surface area contributed by atoms with E-state index in [9.17, 15) is 13.2 Å². The summed E-state index contributed by atoms with van der Waals surface area (Å²) in [6, 6.07) is 7.54. The van der Waals surface area contributed by atoms with Gasteiger partial charge in [-0.2, -0.15) is 4.31 Å². The van der Waals surface area contributed by atoms with Gasteiger partial charge in [0.05, 0.1) is 50.0 Å². The van der Waals surface area contributed by atoms with Crippen molar-refractivity contribution in [1.82, 2.24) is 4.31 Å². The maximum absolute atomic E-state index is 13.2. The second-order valence-electron chi connectivity index (χ2n) is 7.40. The van der Waals surface area contributed by atoms with E-state index >= 15 is 0 Å². The van der Waals surface area contributed by atoms with Crippen molar-refractivity contribution in [3.63, 3.8) is 0 Å². The van der Waals surface area contributed by atoms with E-state index in [-0.39, 0.29) is 17.3 Å². The lowest BCUT2D eigenvalue weighted by Gasteiger charge is -2.31. The first-order valence-electron chi connectivity index (χ1n) is 10.2. The molecule has 180 valence electrons. The normalized spacial score (nSPS) is 16.7. The van der Waals surface area contributed by atoms with E-state index in [0.717, 1.165) is 0 Å². The molecule has 1 saturated heterocycles. The van der Waals surface area contributed by atoms with Crippen molar-refractivity contribution >= 4 is 33.2 Å². The molecule has 9 nitrogen and oxygen atoms in total. The number of hydrogen-bond acceptors (Lipinski definition) is 7. The summed E-state index contributed by atoms with van der Waals surface area (Å²) in [6.07, 6.45) is 1.10. The molecule has 3 rings (SSSR count). The number of halogens is 1. The van der Waals surface area contributed by atoms with Crippen molar-refractivity contribution in [3.05, 3.63) is 35.4 Å². The lowest BCUT2D eigenvalue weighted by molar-refractivity contribution is -0.120. The predicted octanol–water partition coefficient (Wildman–Crippen LogP) is 3.41. The van der Waals surface area contributed by atoms with E-state index in [1.54, 1.807) is 18.2 Å². The molecule has 2 aromatic rings. The van der Waals surface area contributed by atoms with Crippen LogP contribution < -0.4 is 24.3 Å². The van der Waals surface area contributed by atoms with Crippen molar-refractivity contribution in [1.29, 1.82) is 0 Å². The van der Waals surface area contributed by atoms with Gasteiger partial charge in [0.1, 0.15) is 11.5 Å². The van der Waals surface area contributed by atoms with E-state index in [2.05, 4.69) is 5.32 Å². The Bertz CT molecular complexity index is 1120. The number of amides is 1. The van der Waals surface area contributed by atoms with E-state index in [0.29, 0.717) is 53.1 Å². The van der Waals surface area contributed by atoms with Crippen molar-refractivity contribution < 1.29 is 32.2 Å². The molecule has 1 N–H and O–H groups in total. The SMILES string of the molecule is COc1cc(NC(=O)[C@@H]2CCCN(S(=O)(=O)c3ccc(OC)c(OC)c3)C2)c(OC)cc1Cl. The molecule has 11 heteroatoms. The number of methoxy groups -OCH3 is 4. The maximum Gasteiger partial charge on any atom is 0.243 e. The topological polar surface area (TPSA) is 103 Å².